The molecule has 12 heteroatoms. The zero-order valence-corrected chi connectivity index (χ0v) is 18.4. The quantitative estimate of drug-likeness (QED) is 0.650. The number of hydrogen-bond donors (Lipinski definition) is 2. The van der Waals surface area contributed by atoms with E-state index in [1.807, 2.05) is 0 Å². The Bertz CT molecular complexity index is 1050. The van der Waals surface area contributed by atoms with Gasteiger partial charge in [-0.05, 0) is 25.0 Å². The topological polar surface area (TPSA) is 102 Å². The van der Waals surface area contributed by atoms with E-state index in [4.69, 9.17) is 28.9 Å². The Morgan fingerprint density at radius 2 is 2.03 bits per heavy atom. The zero-order chi connectivity index (χ0) is 23.0. The number of alkyl halides is 2. The van der Waals surface area contributed by atoms with Gasteiger partial charge in [-0.2, -0.15) is 13.9 Å². The summed E-state index contributed by atoms with van der Waals surface area (Å²) in [6.45, 7) is -2.07. The molecule has 0 spiro atoms. The maximum Gasteiger partial charge on any atom is 0.345 e. The number of nitrogens with two attached hydrogens (primary N) is 1. The van der Waals surface area contributed by atoms with Gasteiger partial charge in [-0.25, -0.2) is 4.79 Å². The monoisotopic (exact) mass is 487 g/mol. The van der Waals surface area contributed by atoms with Crippen LogP contribution in [0, 0.1) is 5.92 Å². The van der Waals surface area contributed by atoms with Crippen molar-refractivity contribution in [2.45, 2.75) is 38.6 Å². The molecule has 1 aliphatic carbocycles. The van der Waals surface area contributed by atoms with Crippen molar-refractivity contribution in [2.75, 3.05) is 13.2 Å². The second-order valence-electron chi connectivity index (χ2n) is 7.80. The molecule has 0 bridgehead atoms. The van der Waals surface area contributed by atoms with E-state index in [2.05, 4.69) is 15.2 Å². The normalized spacial score (nSPS) is 20.1. The minimum absolute atomic E-state index is 0.103. The number of primary amides is 1. The lowest BCUT2D eigenvalue weighted by atomic mass is 9.80. The SMILES string of the molecule is NC(=O)c1c(-c2ccc(Cl)c(Cl)c2)nn2c1CN(C(=O)N[C@@H]1CCC1COC(F)F)CC2. The number of ether oxygens (including phenoxy) is 1. The lowest BCUT2D eigenvalue weighted by Crippen LogP contribution is -2.54. The summed E-state index contributed by atoms with van der Waals surface area (Å²) in [6.07, 6.45) is 1.41. The summed E-state index contributed by atoms with van der Waals surface area (Å²) in [5, 5.41) is 8.08. The fraction of sp³-hybridized carbons (Fsp3) is 0.450. The summed E-state index contributed by atoms with van der Waals surface area (Å²) in [5.41, 5.74) is 7.34. The van der Waals surface area contributed by atoms with Crippen LogP contribution in [0.5, 0.6) is 0 Å². The number of carbonyl (C=O) groups is 2. The number of fused-ring (bicyclic) bond motifs is 1. The number of amides is 3. The van der Waals surface area contributed by atoms with E-state index in [0.29, 0.717) is 52.9 Å². The Hall–Kier alpha value is -2.43. The first-order valence-electron chi connectivity index (χ1n) is 10.0. The van der Waals surface area contributed by atoms with Gasteiger partial charge in [-0.15, -0.1) is 0 Å². The highest BCUT2D eigenvalue weighted by molar-refractivity contribution is 6.42. The van der Waals surface area contributed by atoms with Crippen molar-refractivity contribution in [1.29, 1.82) is 0 Å². The first kappa shape index (κ1) is 22.8. The van der Waals surface area contributed by atoms with Gasteiger partial charge in [0.15, 0.2) is 0 Å². The lowest BCUT2D eigenvalue weighted by molar-refractivity contribution is -0.146. The van der Waals surface area contributed by atoms with E-state index in [-0.39, 0.29) is 36.7 Å². The van der Waals surface area contributed by atoms with Gasteiger partial charge in [0.2, 0.25) is 0 Å². The summed E-state index contributed by atoms with van der Waals surface area (Å²) < 4.78 is 30.6. The number of nitrogens with one attached hydrogen (secondary N) is 1. The van der Waals surface area contributed by atoms with Gasteiger partial charge in [0.1, 0.15) is 5.69 Å². The van der Waals surface area contributed by atoms with E-state index < -0.39 is 12.5 Å². The summed E-state index contributed by atoms with van der Waals surface area (Å²) in [7, 11) is 0. The number of aromatic nitrogens is 2. The molecule has 2 aromatic rings. The largest absolute Gasteiger partial charge is 0.365 e. The van der Waals surface area contributed by atoms with Crippen molar-refractivity contribution in [3.8, 4) is 11.3 Å². The van der Waals surface area contributed by atoms with Gasteiger partial charge < -0.3 is 20.7 Å². The van der Waals surface area contributed by atoms with Crippen LogP contribution in [0.2, 0.25) is 10.0 Å². The number of carbonyl (C=O) groups excluding carboxylic acids is 2. The molecule has 0 saturated heterocycles. The summed E-state index contributed by atoms with van der Waals surface area (Å²) >= 11 is 12.1. The average Bonchev–Trinajstić information content (AvgIpc) is 3.11. The fourth-order valence-corrected chi connectivity index (χ4v) is 4.30. The fourth-order valence-electron chi connectivity index (χ4n) is 4.00. The number of nitrogens with zero attached hydrogens (tertiary/aromatic N) is 3. The van der Waals surface area contributed by atoms with Crippen LogP contribution < -0.4 is 11.1 Å². The van der Waals surface area contributed by atoms with E-state index in [1.165, 1.54) is 0 Å². The first-order chi connectivity index (χ1) is 15.2. The van der Waals surface area contributed by atoms with E-state index >= 15 is 0 Å². The number of hydrogen-bond acceptors (Lipinski definition) is 4. The summed E-state index contributed by atoms with van der Waals surface area (Å²) in [6, 6.07) is 4.34. The molecule has 1 aromatic heterocycles. The number of rotatable bonds is 6. The molecule has 2 aliphatic rings. The van der Waals surface area contributed by atoms with Gasteiger partial charge in [0, 0.05) is 24.1 Å². The molecular formula is C20H21Cl2F2N5O3. The number of halogens is 4. The van der Waals surface area contributed by atoms with Gasteiger partial charge in [0.05, 0.1) is 41.0 Å². The third-order valence-electron chi connectivity index (χ3n) is 5.87. The Balaban J connectivity index is 1.51. The zero-order valence-electron chi connectivity index (χ0n) is 16.9. The Labute approximate surface area is 192 Å². The minimum Gasteiger partial charge on any atom is -0.365 e. The van der Waals surface area contributed by atoms with Crippen LogP contribution in [-0.2, 0) is 17.8 Å². The highest BCUT2D eigenvalue weighted by atomic mass is 35.5. The molecule has 1 fully saturated rings. The summed E-state index contributed by atoms with van der Waals surface area (Å²) in [5.74, 6) is -0.816. The Morgan fingerprint density at radius 3 is 2.66 bits per heavy atom. The van der Waals surface area contributed by atoms with Crippen LogP contribution in [0.3, 0.4) is 0 Å². The molecule has 8 nitrogen and oxygen atoms in total. The molecule has 172 valence electrons. The Kier molecular flexibility index (Phi) is 6.55. The van der Waals surface area contributed by atoms with Crippen molar-refractivity contribution in [1.82, 2.24) is 20.0 Å². The third-order valence-corrected chi connectivity index (χ3v) is 6.61. The highest BCUT2D eigenvalue weighted by Crippen LogP contribution is 2.33. The molecule has 3 amide bonds. The van der Waals surface area contributed by atoms with Gasteiger partial charge in [0.25, 0.3) is 5.91 Å². The van der Waals surface area contributed by atoms with E-state index in [1.54, 1.807) is 27.8 Å². The second-order valence-corrected chi connectivity index (χ2v) is 8.61. The van der Waals surface area contributed by atoms with E-state index in [0.717, 1.165) is 0 Å². The molecule has 2 heterocycles. The standard InChI is InChI=1S/C20H21Cl2F2N5O3/c21-12-3-1-10(7-13(12)22)17-16(18(25)30)15-8-28(5-6-29(15)27-17)20(31)26-14-4-2-11(14)9-32-19(23)24/h1,3,7,11,14,19H,2,4-6,8-9H2,(H2,25,30)(H,26,31)/t11?,14-/m1/s1. The molecule has 1 unspecified atom stereocenters. The summed E-state index contributed by atoms with van der Waals surface area (Å²) in [4.78, 5) is 26.6. The van der Waals surface area contributed by atoms with Crippen molar-refractivity contribution in [3.63, 3.8) is 0 Å². The average molecular weight is 488 g/mol. The molecule has 1 aliphatic heterocycles. The van der Waals surface area contributed by atoms with Crippen molar-refractivity contribution in [3.05, 3.63) is 39.5 Å². The molecule has 4 rings (SSSR count). The molecule has 3 N–H and O–H groups in total. The maximum atomic E-state index is 12.8. The lowest BCUT2D eigenvalue weighted by Gasteiger charge is -2.38. The smallest absolute Gasteiger partial charge is 0.345 e. The molecule has 2 atom stereocenters. The molecule has 0 radical (unpaired) electrons. The van der Waals surface area contributed by atoms with Gasteiger partial charge >= 0.3 is 12.6 Å². The first-order valence-corrected chi connectivity index (χ1v) is 10.8. The Morgan fingerprint density at radius 1 is 1.25 bits per heavy atom. The van der Waals surface area contributed by atoms with E-state index in [9.17, 15) is 18.4 Å². The molecular weight excluding hydrogens is 467 g/mol. The van der Waals surface area contributed by atoms with Gasteiger partial charge in [-0.3, -0.25) is 9.48 Å². The van der Waals surface area contributed by atoms with Crippen molar-refractivity contribution >= 4 is 35.1 Å². The number of benzene rings is 1. The number of urea groups is 1. The van der Waals surface area contributed by atoms with Crippen LogP contribution in [0.4, 0.5) is 13.6 Å². The van der Waals surface area contributed by atoms with Crippen LogP contribution in [0.1, 0.15) is 28.9 Å². The second kappa shape index (κ2) is 9.21. The minimum atomic E-state index is -2.83. The van der Waals surface area contributed by atoms with Crippen LogP contribution in [0.15, 0.2) is 18.2 Å². The maximum absolute atomic E-state index is 12.8. The van der Waals surface area contributed by atoms with Crippen LogP contribution >= 0.6 is 23.2 Å². The molecule has 1 saturated carbocycles. The highest BCUT2D eigenvalue weighted by Gasteiger charge is 2.35. The third kappa shape index (κ3) is 4.53. The van der Waals surface area contributed by atoms with Crippen LogP contribution in [-0.4, -0.2) is 52.4 Å². The molecule has 1 aromatic carbocycles. The van der Waals surface area contributed by atoms with Crippen LogP contribution in [0.25, 0.3) is 11.3 Å². The predicted molar refractivity (Wildman–Crippen MR) is 114 cm³/mol. The van der Waals surface area contributed by atoms with Crippen molar-refractivity contribution < 1.29 is 23.1 Å². The van der Waals surface area contributed by atoms with Gasteiger partial charge in [-0.1, -0.05) is 29.3 Å². The molecule has 32 heavy (non-hydrogen) atoms. The predicted octanol–water partition coefficient (Wildman–Crippen LogP) is 3.50. The van der Waals surface area contributed by atoms with Crippen molar-refractivity contribution in [2.24, 2.45) is 11.7 Å².